The summed E-state index contributed by atoms with van der Waals surface area (Å²) >= 11 is 0. The van der Waals surface area contributed by atoms with Crippen molar-refractivity contribution in [1.82, 2.24) is 5.32 Å². The molecule has 1 amide bonds. The average molecular weight is 389 g/mol. The Balaban J connectivity index is 1.45. The van der Waals surface area contributed by atoms with E-state index in [-0.39, 0.29) is 23.6 Å². The highest BCUT2D eigenvalue weighted by atomic mass is 19.1. The summed E-state index contributed by atoms with van der Waals surface area (Å²) in [6, 6.07) is 20.8. The highest BCUT2D eigenvalue weighted by Gasteiger charge is 2.12. The zero-order valence-electron chi connectivity index (χ0n) is 15.2. The molecule has 4 rings (SSSR count). The number of hydrogen-bond donors (Lipinski definition) is 1. The Morgan fingerprint density at radius 3 is 2.55 bits per heavy atom. The molecular formula is C23H16FNO4. The summed E-state index contributed by atoms with van der Waals surface area (Å²) in [7, 11) is 0. The number of halogens is 1. The van der Waals surface area contributed by atoms with E-state index in [0.29, 0.717) is 22.5 Å². The van der Waals surface area contributed by atoms with Crippen molar-refractivity contribution >= 4 is 16.9 Å². The number of nitrogens with one attached hydrogen (secondary N) is 1. The van der Waals surface area contributed by atoms with E-state index in [1.54, 1.807) is 42.5 Å². The largest absolute Gasteiger partial charge is 0.457 e. The molecule has 0 unspecified atom stereocenters. The van der Waals surface area contributed by atoms with Crippen molar-refractivity contribution in [3.05, 3.63) is 106 Å². The van der Waals surface area contributed by atoms with Gasteiger partial charge in [-0.1, -0.05) is 24.3 Å². The Morgan fingerprint density at radius 2 is 1.72 bits per heavy atom. The summed E-state index contributed by atoms with van der Waals surface area (Å²) in [4.78, 5) is 24.5. The highest BCUT2D eigenvalue weighted by Crippen LogP contribution is 2.22. The monoisotopic (exact) mass is 389 g/mol. The first-order valence-electron chi connectivity index (χ1n) is 8.92. The first-order chi connectivity index (χ1) is 14.1. The normalized spacial score (nSPS) is 10.7. The third-order valence-electron chi connectivity index (χ3n) is 4.26. The van der Waals surface area contributed by atoms with Crippen LogP contribution in [0, 0.1) is 5.82 Å². The number of carbonyl (C=O) groups is 1. The van der Waals surface area contributed by atoms with Gasteiger partial charge in [0.25, 0.3) is 5.91 Å². The van der Waals surface area contributed by atoms with Gasteiger partial charge in [0.05, 0.1) is 5.39 Å². The van der Waals surface area contributed by atoms with E-state index in [2.05, 4.69) is 5.32 Å². The summed E-state index contributed by atoms with van der Waals surface area (Å²) in [5.41, 5.74) is 0.882. The molecule has 0 atom stereocenters. The van der Waals surface area contributed by atoms with Gasteiger partial charge in [0, 0.05) is 12.6 Å². The van der Waals surface area contributed by atoms with E-state index >= 15 is 0 Å². The van der Waals surface area contributed by atoms with Crippen LogP contribution in [0.2, 0.25) is 0 Å². The van der Waals surface area contributed by atoms with Gasteiger partial charge in [0.15, 0.2) is 11.2 Å². The summed E-state index contributed by atoms with van der Waals surface area (Å²) in [6.07, 6.45) is 0. The quantitative estimate of drug-likeness (QED) is 0.539. The van der Waals surface area contributed by atoms with Crippen molar-refractivity contribution in [3.63, 3.8) is 0 Å². The maximum atomic E-state index is 13.0. The van der Waals surface area contributed by atoms with Gasteiger partial charge in [0.2, 0.25) is 0 Å². The van der Waals surface area contributed by atoms with Crippen molar-refractivity contribution in [3.8, 4) is 11.5 Å². The Hall–Kier alpha value is -3.93. The molecule has 1 heterocycles. The Bertz CT molecular complexity index is 1230. The van der Waals surface area contributed by atoms with Crippen LogP contribution in [-0.2, 0) is 6.54 Å². The average Bonchev–Trinajstić information content (AvgIpc) is 2.74. The topological polar surface area (TPSA) is 68.5 Å². The fourth-order valence-electron chi connectivity index (χ4n) is 2.84. The fourth-order valence-corrected chi connectivity index (χ4v) is 2.84. The molecule has 0 bridgehead atoms. The zero-order chi connectivity index (χ0) is 20.2. The van der Waals surface area contributed by atoms with Crippen molar-refractivity contribution in [2.75, 3.05) is 0 Å². The predicted octanol–water partition coefficient (Wildman–Crippen LogP) is 4.65. The molecule has 0 aliphatic heterocycles. The second kappa shape index (κ2) is 7.98. The van der Waals surface area contributed by atoms with E-state index in [4.69, 9.17) is 9.15 Å². The number of fused-ring (bicyclic) bond motifs is 1. The maximum Gasteiger partial charge on any atom is 0.287 e. The lowest BCUT2D eigenvalue weighted by Crippen LogP contribution is -2.24. The van der Waals surface area contributed by atoms with Crippen molar-refractivity contribution in [2.45, 2.75) is 6.54 Å². The van der Waals surface area contributed by atoms with E-state index < -0.39 is 5.91 Å². The van der Waals surface area contributed by atoms with Gasteiger partial charge < -0.3 is 14.5 Å². The van der Waals surface area contributed by atoms with Gasteiger partial charge in [-0.05, 0) is 54.1 Å². The number of amides is 1. The molecule has 0 saturated heterocycles. The molecular weight excluding hydrogens is 373 g/mol. The molecule has 0 spiro atoms. The van der Waals surface area contributed by atoms with E-state index in [1.807, 2.05) is 6.07 Å². The van der Waals surface area contributed by atoms with Crippen LogP contribution in [0.25, 0.3) is 11.0 Å². The molecule has 5 nitrogen and oxygen atoms in total. The Morgan fingerprint density at radius 1 is 0.931 bits per heavy atom. The zero-order valence-corrected chi connectivity index (χ0v) is 15.2. The van der Waals surface area contributed by atoms with Gasteiger partial charge in [-0.25, -0.2) is 4.39 Å². The standard InChI is InChI=1S/C23H16FNO4/c24-16-8-10-17(11-9-16)28-18-5-3-4-15(12-18)14-25-23(27)22-13-20(26)19-6-1-2-7-21(19)29-22/h1-13H,14H2,(H,25,27). The summed E-state index contributed by atoms with van der Waals surface area (Å²) < 4.78 is 24.2. The lowest BCUT2D eigenvalue weighted by atomic mass is 10.2. The third kappa shape index (κ3) is 4.32. The predicted molar refractivity (Wildman–Crippen MR) is 107 cm³/mol. The molecule has 1 N–H and O–H groups in total. The fraction of sp³-hybridized carbons (Fsp3) is 0.0435. The van der Waals surface area contributed by atoms with E-state index in [1.165, 1.54) is 30.3 Å². The molecule has 29 heavy (non-hydrogen) atoms. The molecule has 0 radical (unpaired) electrons. The van der Waals surface area contributed by atoms with Gasteiger partial charge in [0.1, 0.15) is 22.9 Å². The second-order valence-electron chi connectivity index (χ2n) is 6.36. The van der Waals surface area contributed by atoms with Crippen LogP contribution >= 0.6 is 0 Å². The number of hydrogen-bond acceptors (Lipinski definition) is 4. The first kappa shape index (κ1) is 18.4. The molecule has 6 heteroatoms. The van der Waals surface area contributed by atoms with Gasteiger partial charge in [-0.15, -0.1) is 0 Å². The molecule has 0 fully saturated rings. The Kier molecular flexibility index (Phi) is 5.07. The number of para-hydroxylation sites is 1. The first-order valence-corrected chi connectivity index (χ1v) is 8.92. The third-order valence-corrected chi connectivity index (χ3v) is 4.26. The lowest BCUT2D eigenvalue weighted by Gasteiger charge is -2.09. The number of benzene rings is 3. The van der Waals surface area contributed by atoms with Crippen LogP contribution in [0.3, 0.4) is 0 Å². The van der Waals surface area contributed by atoms with Crippen LogP contribution in [0.4, 0.5) is 4.39 Å². The Labute approximate surface area is 165 Å². The number of rotatable bonds is 5. The smallest absolute Gasteiger partial charge is 0.287 e. The van der Waals surface area contributed by atoms with Gasteiger partial charge in [-0.2, -0.15) is 0 Å². The molecule has 3 aromatic carbocycles. The van der Waals surface area contributed by atoms with E-state index in [9.17, 15) is 14.0 Å². The van der Waals surface area contributed by atoms with Crippen LogP contribution < -0.4 is 15.5 Å². The summed E-state index contributed by atoms with van der Waals surface area (Å²) in [5.74, 6) is 0.186. The van der Waals surface area contributed by atoms with E-state index in [0.717, 1.165) is 5.56 Å². The highest BCUT2D eigenvalue weighted by molar-refractivity contribution is 5.93. The molecule has 144 valence electrons. The molecule has 4 aromatic rings. The van der Waals surface area contributed by atoms with Crippen LogP contribution in [0.15, 0.2) is 88.1 Å². The van der Waals surface area contributed by atoms with Gasteiger partial charge >= 0.3 is 0 Å². The SMILES string of the molecule is O=C(NCc1cccc(Oc2ccc(F)cc2)c1)c1cc(=O)c2ccccc2o1. The molecule has 0 aliphatic carbocycles. The number of ether oxygens (including phenoxy) is 1. The minimum Gasteiger partial charge on any atom is -0.457 e. The van der Waals surface area contributed by atoms with Crippen LogP contribution in [0.5, 0.6) is 11.5 Å². The van der Waals surface area contributed by atoms with Crippen molar-refractivity contribution in [2.24, 2.45) is 0 Å². The molecule has 0 aliphatic rings. The van der Waals surface area contributed by atoms with Crippen molar-refractivity contribution < 1.29 is 18.3 Å². The maximum absolute atomic E-state index is 13.0. The van der Waals surface area contributed by atoms with Gasteiger partial charge in [-0.3, -0.25) is 9.59 Å². The molecule has 1 aromatic heterocycles. The minimum atomic E-state index is -0.488. The minimum absolute atomic E-state index is 0.0487. The summed E-state index contributed by atoms with van der Waals surface area (Å²) in [6.45, 7) is 0.218. The lowest BCUT2D eigenvalue weighted by molar-refractivity contribution is 0.0923. The summed E-state index contributed by atoms with van der Waals surface area (Å²) in [5, 5.41) is 3.15. The van der Waals surface area contributed by atoms with Crippen LogP contribution in [0.1, 0.15) is 16.1 Å². The van der Waals surface area contributed by atoms with Crippen molar-refractivity contribution in [1.29, 1.82) is 0 Å². The second-order valence-corrected chi connectivity index (χ2v) is 6.36. The molecule has 0 saturated carbocycles. The van der Waals surface area contributed by atoms with Crippen LogP contribution in [-0.4, -0.2) is 5.91 Å². The number of carbonyl (C=O) groups excluding carboxylic acids is 1.